The third-order valence-electron chi connectivity index (χ3n) is 3.93. The van der Waals surface area contributed by atoms with Crippen molar-refractivity contribution in [2.45, 2.75) is 0 Å². The highest BCUT2D eigenvalue weighted by atomic mass is 16.5. The third kappa shape index (κ3) is 2.78. The first-order valence-corrected chi connectivity index (χ1v) is 7.57. The van der Waals surface area contributed by atoms with Gasteiger partial charge in [0, 0.05) is 30.7 Å². The molecule has 1 aliphatic rings. The minimum absolute atomic E-state index is 0.163. The molecule has 0 saturated carbocycles. The van der Waals surface area contributed by atoms with Crippen molar-refractivity contribution in [1.82, 2.24) is 15.0 Å². The predicted molar refractivity (Wildman–Crippen MR) is 89.5 cm³/mol. The largest absolute Gasteiger partial charge is 0.378 e. The van der Waals surface area contributed by atoms with Crippen LogP contribution in [0.25, 0.3) is 11.0 Å². The van der Waals surface area contributed by atoms with E-state index in [2.05, 4.69) is 37.3 Å². The fraction of sp³-hybridized carbons (Fsp3) is 0.250. The van der Waals surface area contributed by atoms with Crippen molar-refractivity contribution in [3.8, 4) is 0 Å². The Hall–Kier alpha value is -2.80. The van der Waals surface area contributed by atoms with Crippen LogP contribution in [0.15, 0.2) is 41.3 Å². The van der Waals surface area contributed by atoms with Crippen molar-refractivity contribution in [3.05, 3.63) is 46.9 Å². The molecule has 4 rings (SSSR count). The number of fused-ring (bicyclic) bond motifs is 1. The number of H-pyrrole nitrogens is 2. The van der Waals surface area contributed by atoms with E-state index < -0.39 is 0 Å². The fourth-order valence-electron chi connectivity index (χ4n) is 2.72. The summed E-state index contributed by atoms with van der Waals surface area (Å²) in [5, 5.41) is 3.68. The number of nitrogens with zero attached hydrogens (tertiary/aromatic N) is 2. The Morgan fingerprint density at radius 2 is 1.91 bits per heavy atom. The molecule has 0 atom stereocenters. The smallest absolute Gasteiger partial charge is 0.261 e. The van der Waals surface area contributed by atoms with Crippen molar-refractivity contribution < 1.29 is 4.74 Å². The van der Waals surface area contributed by atoms with Crippen LogP contribution in [0.3, 0.4) is 0 Å². The van der Waals surface area contributed by atoms with E-state index in [0.29, 0.717) is 17.0 Å². The Morgan fingerprint density at radius 3 is 2.70 bits per heavy atom. The summed E-state index contributed by atoms with van der Waals surface area (Å²) in [7, 11) is 0. The molecule has 0 radical (unpaired) electrons. The number of hydrogen-bond donors (Lipinski definition) is 3. The zero-order valence-electron chi connectivity index (χ0n) is 12.5. The molecule has 3 heterocycles. The summed E-state index contributed by atoms with van der Waals surface area (Å²) < 4.78 is 5.36. The molecule has 1 aromatic carbocycles. The van der Waals surface area contributed by atoms with Crippen LogP contribution in [0, 0.1) is 0 Å². The summed E-state index contributed by atoms with van der Waals surface area (Å²) in [6, 6.07) is 9.77. The first-order chi connectivity index (χ1) is 11.3. The molecule has 0 aliphatic carbocycles. The summed E-state index contributed by atoms with van der Waals surface area (Å²) in [6.07, 6.45) is 1.70. The van der Waals surface area contributed by atoms with Crippen LogP contribution in [0.2, 0.25) is 0 Å². The molecule has 23 heavy (non-hydrogen) atoms. The number of hydrogen-bond acceptors (Lipinski definition) is 5. The summed E-state index contributed by atoms with van der Waals surface area (Å²) in [4.78, 5) is 24.3. The molecule has 3 aromatic rings. The Kier molecular flexibility index (Phi) is 3.47. The average Bonchev–Trinajstić information content (AvgIpc) is 3.05. The van der Waals surface area contributed by atoms with Gasteiger partial charge in [0.05, 0.1) is 18.6 Å². The Labute approximate surface area is 132 Å². The van der Waals surface area contributed by atoms with Gasteiger partial charge in [0.1, 0.15) is 5.65 Å². The first kappa shape index (κ1) is 13.8. The molecule has 7 heteroatoms. The zero-order chi connectivity index (χ0) is 15.6. The number of aromatic nitrogens is 3. The van der Waals surface area contributed by atoms with E-state index in [1.54, 1.807) is 12.3 Å². The summed E-state index contributed by atoms with van der Waals surface area (Å²) in [6.45, 7) is 3.35. The van der Waals surface area contributed by atoms with Gasteiger partial charge in [-0.1, -0.05) is 0 Å². The summed E-state index contributed by atoms with van der Waals surface area (Å²) in [5.74, 6) is 0.420. The van der Waals surface area contributed by atoms with Crippen LogP contribution < -0.4 is 15.8 Å². The van der Waals surface area contributed by atoms with Gasteiger partial charge in [0.2, 0.25) is 5.95 Å². The molecule has 1 fully saturated rings. The monoisotopic (exact) mass is 311 g/mol. The van der Waals surface area contributed by atoms with Crippen LogP contribution in [0.4, 0.5) is 17.3 Å². The molecule has 3 N–H and O–H groups in total. The molecule has 1 aliphatic heterocycles. The van der Waals surface area contributed by atoms with Crippen LogP contribution in [0.5, 0.6) is 0 Å². The van der Waals surface area contributed by atoms with E-state index in [0.717, 1.165) is 32.0 Å². The van der Waals surface area contributed by atoms with Crippen LogP contribution in [-0.2, 0) is 4.74 Å². The van der Waals surface area contributed by atoms with Gasteiger partial charge in [-0.15, -0.1) is 0 Å². The van der Waals surface area contributed by atoms with Gasteiger partial charge in [-0.2, -0.15) is 4.98 Å². The highest BCUT2D eigenvalue weighted by molar-refractivity contribution is 5.75. The minimum atomic E-state index is -0.163. The van der Waals surface area contributed by atoms with Gasteiger partial charge in [0.15, 0.2) is 0 Å². The lowest BCUT2D eigenvalue weighted by molar-refractivity contribution is 0.122. The van der Waals surface area contributed by atoms with E-state index in [1.165, 1.54) is 5.69 Å². The van der Waals surface area contributed by atoms with E-state index in [-0.39, 0.29) is 5.56 Å². The maximum Gasteiger partial charge on any atom is 0.261 e. The second-order valence-corrected chi connectivity index (χ2v) is 5.43. The SMILES string of the molecule is O=c1[nH]c(Nc2ccc(N3CCOCC3)cc2)nc2[nH]ccc12. The van der Waals surface area contributed by atoms with E-state index in [4.69, 9.17) is 4.74 Å². The van der Waals surface area contributed by atoms with Gasteiger partial charge in [-0.25, -0.2) is 0 Å². The number of nitrogens with one attached hydrogen (secondary N) is 3. The summed E-state index contributed by atoms with van der Waals surface area (Å²) in [5.41, 5.74) is 2.45. The fourth-order valence-corrected chi connectivity index (χ4v) is 2.72. The molecule has 7 nitrogen and oxygen atoms in total. The van der Waals surface area contributed by atoms with Crippen LogP contribution >= 0.6 is 0 Å². The third-order valence-corrected chi connectivity index (χ3v) is 3.93. The molecule has 2 aromatic heterocycles. The lowest BCUT2D eigenvalue weighted by Crippen LogP contribution is -2.36. The van der Waals surface area contributed by atoms with Crippen molar-refractivity contribution in [2.24, 2.45) is 0 Å². The number of aromatic amines is 2. The maximum absolute atomic E-state index is 11.9. The highest BCUT2D eigenvalue weighted by Crippen LogP contribution is 2.20. The van der Waals surface area contributed by atoms with Crippen molar-refractivity contribution in [1.29, 1.82) is 0 Å². The lowest BCUT2D eigenvalue weighted by atomic mass is 10.2. The number of morpholine rings is 1. The van der Waals surface area contributed by atoms with E-state index in [1.807, 2.05) is 12.1 Å². The minimum Gasteiger partial charge on any atom is -0.378 e. The van der Waals surface area contributed by atoms with E-state index >= 15 is 0 Å². The number of ether oxygens (including phenoxy) is 1. The van der Waals surface area contributed by atoms with Crippen LogP contribution in [-0.4, -0.2) is 41.3 Å². The van der Waals surface area contributed by atoms with Crippen molar-refractivity contribution in [2.75, 3.05) is 36.5 Å². The van der Waals surface area contributed by atoms with E-state index in [9.17, 15) is 4.79 Å². The first-order valence-electron chi connectivity index (χ1n) is 7.57. The Morgan fingerprint density at radius 1 is 1.13 bits per heavy atom. The quantitative estimate of drug-likeness (QED) is 0.687. The number of benzene rings is 1. The normalized spacial score (nSPS) is 15.0. The lowest BCUT2D eigenvalue weighted by Gasteiger charge is -2.28. The van der Waals surface area contributed by atoms with Gasteiger partial charge >= 0.3 is 0 Å². The predicted octanol–water partition coefficient (Wildman–Crippen LogP) is 1.83. The van der Waals surface area contributed by atoms with Gasteiger partial charge < -0.3 is 19.9 Å². The molecule has 0 spiro atoms. The zero-order valence-corrected chi connectivity index (χ0v) is 12.5. The van der Waals surface area contributed by atoms with Crippen molar-refractivity contribution >= 4 is 28.4 Å². The topological polar surface area (TPSA) is 86.0 Å². The number of rotatable bonds is 3. The molecule has 1 saturated heterocycles. The second kappa shape index (κ2) is 5.77. The standard InChI is InChI=1S/C16H17N5O2/c22-15-13-5-6-17-14(13)19-16(20-15)18-11-1-3-12(4-2-11)21-7-9-23-10-8-21/h1-6H,7-10H2,(H3,17,18,19,20,22). The second-order valence-electron chi connectivity index (χ2n) is 5.43. The maximum atomic E-state index is 11.9. The van der Waals surface area contributed by atoms with Crippen molar-refractivity contribution in [3.63, 3.8) is 0 Å². The van der Waals surface area contributed by atoms with Gasteiger partial charge in [0.25, 0.3) is 5.56 Å². The van der Waals surface area contributed by atoms with Gasteiger partial charge in [-0.3, -0.25) is 9.78 Å². The molecule has 118 valence electrons. The Bertz CT molecular complexity index is 862. The highest BCUT2D eigenvalue weighted by Gasteiger charge is 2.11. The average molecular weight is 311 g/mol. The number of anilines is 3. The molecule has 0 bridgehead atoms. The molecule has 0 unspecified atom stereocenters. The Balaban J connectivity index is 1.54. The molecular formula is C16H17N5O2. The molecule has 0 amide bonds. The summed E-state index contributed by atoms with van der Waals surface area (Å²) >= 11 is 0. The molecular weight excluding hydrogens is 294 g/mol. The van der Waals surface area contributed by atoms with Crippen LogP contribution in [0.1, 0.15) is 0 Å². The van der Waals surface area contributed by atoms with Gasteiger partial charge in [-0.05, 0) is 30.3 Å².